The largest absolute Gasteiger partial charge is 0.507 e. The standard InChI is InChI=1S/C26H39O7PS/c1-8-10-19-14-22(27)24(21-13-18(7)11-12-20(21)16(3)4)23(15-19)31-25(28)26(35-9-2)33-34(29,30)32-17(5)6/h13-15,17,20-21,26-27H,3,8-12H2,1-2,4-7H3,(H,29,30)/t20-,21+,26?/m0/s1. The molecule has 2 rings (SSSR count). The highest BCUT2D eigenvalue weighted by Gasteiger charge is 2.36. The molecule has 2 N–H and O–H groups in total. The molecular weight excluding hydrogens is 487 g/mol. The number of allylic oxidation sites excluding steroid dienone is 3. The first kappa shape index (κ1) is 29.7. The first-order valence-electron chi connectivity index (χ1n) is 12.1. The second kappa shape index (κ2) is 13.1. The molecular formula is C26H39O7PS. The smallest absolute Gasteiger partial charge is 0.474 e. The molecule has 0 bridgehead atoms. The van der Waals surface area contributed by atoms with Gasteiger partial charge in [0.2, 0.25) is 5.44 Å². The molecule has 0 heterocycles. The normalized spacial score (nSPS) is 20.7. The summed E-state index contributed by atoms with van der Waals surface area (Å²) in [6, 6.07) is 3.48. The zero-order valence-electron chi connectivity index (χ0n) is 21.6. The molecule has 35 heavy (non-hydrogen) atoms. The van der Waals surface area contributed by atoms with E-state index in [0.717, 1.165) is 42.2 Å². The molecule has 1 aromatic rings. The van der Waals surface area contributed by atoms with Crippen molar-refractivity contribution in [2.75, 3.05) is 5.75 Å². The highest BCUT2D eigenvalue weighted by atomic mass is 32.2. The number of rotatable bonds is 12. The van der Waals surface area contributed by atoms with Crippen LogP contribution in [0, 0.1) is 5.92 Å². The summed E-state index contributed by atoms with van der Waals surface area (Å²) < 4.78 is 28.3. The first-order chi connectivity index (χ1) is 16.4. The maximum absolute atomic E-state index is 13.2. The number of aromatic hydroxyl groups is 1. The maximum atomic E-state index is 13.2. The number of benzene rings is 1. The van der Waals surface area contributed by atoms with Gasteiger partial charge in [-0.05, 0) is 76.3 Å². The average molecular weight is 527 g/mol. The van der Waals surface area contributed by atoms with E-state index in [0.29, 0.717) is 17.7 Å². The average Bonchev–Trinajstić information content (AvgIpc) is 2.72. The number of hydrogen-bond donors (Lipinski definition) is 2. The van der Waals surface area contributed by atoms with E-state index in [2.05, 4.69) is 12.7 Å². The Labute approximate surface area is 213 Å². The summed E-state index contributed by atoms with van der Waals surface area (Å²) in [5.41, 5.74) is 2.15. The Morgan fingerprint density at radius 3 is 2.54 bits per heavy atom. The third kappa shape index (κ3) is 8.50. The van der Waals surface area contributed by atoms with Crippen molar-refractivity contribution in [3.63, 3.8) is 0 Å². The van der Waals surface area contributed by atoms with Crippen LogP contribution in [0.15, 0.2) is 35.9 Å². The number of carbonyl (C=O) groups excluding carboxylic acids is 1. The molecule has 4 atom stereocenters. The van der Waals surface area contributed by atoms with Crippen LogP contribution in [0.3, 0.4) is 0 Å². The van der Waals surface area contributed by atoms with Gasteiger partial charge in [-0.1, -0.05) is 44.1 Å². The minimum absolute atomic E-state index is 0.0533. The fourth-order valence-corrected chi connectivity index (χ4v) is 6.25. The van der Waals surface area contributed by atoms with Gasteiger partial charge in [-0.25, -0.2) is 9.36 Å². The Balaban J connectivity index is 2.50. The molecule has 0 saturated heterocycles. The summed E-state index contributed by atoms with van der Waals surface area (Å²) in [6.07, 6.45) is 4.89. The number of ether oxygens (including phenoxy) is 1. The molecule has 0 radical (unpaired) electrons. The SMILES string of the molecule is C=C(C)[C@@H]1CCC(C)=C[C@H]1c1c(O)cc(CCC)cc1OC(=O)C(OP(=O)(O)OC(C)C)SCC. The van der Waals surface area contributed by atoms with E-state index in [-0.39, 0.29) is 23.3 Å². The lowest BCUT2D eigenvalue weighted by atomic mass is 9.73. The second-order valence-corrected chi connectivity index (χ2v) is 11.9. The lowest BCUT2D eigenvalue weighted by Gasteiger charge is -2.32. The molecule has 1 aromatic carbocycles. The van der Waals surface area contributed by atoms with Gasteiger partial charge in [0.25, 0.3) is 0 Å². The minimum Gasteiger partial charge on any atom is -0.507 e. The summed E-state index contributed by atoms with van der Waals surface area (Å²) in [4.78, 5) is 23.3. The predicted molar refractivity (Wildman–Crippen MR) is 141 cm³/mol. The quantitative estimate of drug-likeness (QED) is 0.0998. The summed E-state index contributed by atoms with van der Waals surface area (Å²) >= 11 is 1.03. The Bertz CT molecular complexity index is 988. The van der Waals surface area contributed by atoms with Crippen LogP contribution in [-0.2, 0) is 24.8 Å². The van der Waals surface area contributed by atoms with Crippen molar-refractivity contribution in [2.45, 2.75) is 84.7 Å². The Morgan fingerprint density at radius 1 is 1.29 bits per heavy atom. The molecule has 0 aliphatic heterocycles. The molecule has 0 spiro atoms. The van der Waals surface area contributed by atoms with Gasteiger partial charge in [0.15, 0.2) is 0 Å². The molecule has 0 saturated carbocycles. The van der Waals surface area contributed by atoms with Gasteiger partial charge in [0, 0.05) is 11.5 Å². The number of phosphoric acid groups is 1. The lowest BCUT2D eigenvalue weighted by molar-refractivity contribution is -0.139. The van der Waals surface area contributed by atoms with Gasteiger partial charge in [0.05, 0.1) is 6.10 Å². The van der Waals surface area contributed by atoms with E-state index >= 15 is 0 Å². The molecule has 196 valence electrons. The van der Waals surface area contributed by atoms with Crippen molar-refractivity contribution in [3.05, 3.63) is 47.1 Å². The van der Waals surface area contributed by atoms with Gasteiger partial charge in [-0.15, -0.1) is 11.8 Å². The van der Waals surface area contributed by atoms with Crippen LogP contribution in [0.5, 0.6) is 11.5 Å². The van der Waals surface area contributed by atoms with E-state index < -0.39 is 25.3 Å². The molecule has 2 unspecified atom stereocenters. The zero-order chi connectivity index (χ0) is 26.3. The molecule has 7 nitrogen and oxygen atoms in total. The van der Waals surface area contributed by atoms with Crippen LogP contribution in [0.1, 0.15) is 77.8 Å². The Hall–Kier alpha value is -1.57. The minimum atomic E-state index is -4.48. The summed E-state index contributed by atoms with van der Waals surface area (Å²) in [7, 11) is -4.48. The molecule has 0 aromatic heterocycles. The van der Waals surface area contributed by atoms with Gasteiger partial charge < -0.3 is 14.7 Å². The number of hydrogen-bond acceptors (Lipinski definition) is 7. The van der Waals surface area contributed by atoms with Crippen molar-refractivity contribution >= 4 is 25.6 Å². The number of phenols is 1. The number of phosphoric ester groups is 1. The van der Waals surface area contributed by atoms with Crippen LogP contribution < -0.4 is 4.74 Å². The number of carbonyl (C=O) groups is 1. The summed E-state index contributed by atoms with van der Waals surface area (Å²) in [5.74, 6) is -0.255. The van der Waals surface area contributed by atoms with Crippen LogP contribution in [0.2, 0.25) is 0 Å². The van der Waals surface area contributed by atoms with Crippen molar-refractivity contribution in [1.29, 1.82) is 0 Å². The van der Waals surface area contributed by atoms with Crippen LogP contribution in [0.4, 0.5) is 0 Å². The number of thioether (sulfide) groups is 1. The van der Waals surface area contributed by atoms with E-state index in [4.69, 9.17) is 13.8 Å². The fourth-order valence-electron chi connectivity index (χ4n) is 4.29. The molecule has 1 aliphatic carbocycles. The zero-order valence-corrected chi connectivity index (χ0v) is 23.3. The first-order valence-corrected chi connectivity index (χ1v) is 14.6. The Morgan fingerprint density at radius 2 is 1.97 bits per heavy atom. The lowest BCUT2D eigenvalue weighted by Crippen LogP contribution is -2.27. The van der Waals surface area contributed by atoms with Crippen molar-refractivity contribution < 1.29 is 33.1 Å². The van der Waals surface area contributed by atoms with Crippen LogP contribution in [0.25, 0.3) is 0 Å². The van der Waals surface area contributed by atoms with Gasteiger partial charge >= 0.3 is 13.8 Å². The number of aryl methyl sites for hydroxylation is 1. The highest BCUT2D eigenvalue weighted by Crippen LogP contribution is 2.49. The maximum Gasteiger partial charge on any atom is 0.474 e. The molecule has 0 amide bonds. The third-order valence-corrected chi connectivity index (χ3v) is 7.96. The highest BCUT2D eigenvalue weighted by molar-refractivity contribution is 8.00. The van der Waals surface area contributed by atoms with E-state index in [9.17, 15) is 19.4 Å². The molecule has 0 fully saturated rings. The van der Waals surface area contributed by atoms with Crippen molar-refractivity contribution in [2.24, 2.45) is 5.92 Å². The summed E-state index contributed by atoms with van der Waals surface area (Å²) in [6.45, 7) is 15.2. The summed E-state index contributed by atoms with van der Waals surface area (Å²) in [5, 5.41) is 11.1. The van der Waals surface area contributed by atoms with Gasteiger partial charge in [-0.3, -0.25) is 9.05 Å². The van der Waals surface area contributed by atoms with E-state index in [1.54, 1.807) is 32.9 Å². The van der Waals surface area contributed by atoms with Crippen LogP contribution >= 0.6 is 19.6 Å². The third-order valence-electron chi connectivity index (χ3n) is 5.73. The van der Waals surface area contributed by atoms with Gasteiger partial charge in [0.1, 0.15) is 11.5 Å². The molecule has 9 heteroatoms. The fraction of sp³-hybridized carbons (Fsp3) is 0.577. The van der Waals surface area contributed by atoms with Gasteiger partial charge in [-0.2, -0.15) is 0 Å². The predicted octanol–water partition coefficient (Wildman–Crippen LogP) is 6.89. The monoisotopic (exact) mass is 526 g/mol. The Kier molecular flexibility index (Phi) is 11.1. The topological polar surface area (TPSA) is 102 Å². The number of esters is 1. The number of phenolic OH excluding ortho intramolecular Hbond substituents is 1. The van der Waals surface area contributed by atoms with Crippen molar-refractivity contribution in [3.8, 4) is 11.5 Å². The second-order valence-electron chi connectivity index (χ2n) is 9.24. The van der Waals surface area contributed by atoms with Crippen molar-refractivity contribution in [1.82, 2.24) is 0 Å². The molecule has 1 aliphatic rings. The van der Waals surface area contributed by atoms with E-state index in [1.807, 2.05) is 20.8 Å². The van der Waals surface area contributed by atoms with E-state index in [1.165, 1.54) is 5.57 Å². The van der Waals surface area contributed by atoms with Crippen LogP contribution in [-0.4, -0.2) is 33.3 Å².